The molecule has 1 aromatic heterocycles. The summed E-state index contributed by atoms with van der Waals surface area (Å²) in [6.45, 7) is 0.282. The lowest BCUT2D eigenvalue weighted by Crippen LogP contribution is -2.01. The number of nitrogens with zero attached hydrogens (tertiary/aromatic N) is 3. The van der Waals surface area contributed by atoms with Crippen LogP contribution in [0.2, 0.25) is 0 Å². The third kappa shape index (κ3) is 2.68. The van der Waals surface area contributed by atoms with Gasteiger partial charge in [-0.3, -0.25) is 0 Å². The van der Waals surface area contributed by atoms with Gasteiger partial charge in [-0.1, -0.05) is 12.1 Å². The van der Waals surface area contributed by atoms with E-state index < -0.39 is 4.92 Å². The zero-order valence-corrected chi connectivity index (χ0v) is 10.1. The summed E-state index contributed by atoms with van der Waals surface area (Å²) in [4.78, 5) is 10.0. The minimum absolute atomic E-state index is 0.249. The first-order valence-corrected chi connectivity index (χ1v) is 5.47. The first-order chi connectivity index (χ1) is 8.06. The molecule has 0 bridgehead atoms. The van der Waals surface area contributed by atoms with Crippen molar-refractivity contribution >= 4 is 21.7 Å². The molecule has 0 atom stereocenters. The number of halogens is 2. The average molecular weight is 300 g/mol. The van der Waals surface area contributed by atoms with Gasteiger partial charge in [-0.05, 0) is 38.5 Å². The fourth-order valence-electron chi connectivity index (χ4n) is 1.41. The van der Waals surface area contributed by atoms with Gasteiger partial charge in [-0.2, -0.15) is 4.68 Å². The Bertz CT molecular complexity index is 570. The molecule has 1 aromatic carbocycles. The minimum atomic E-state index is -0.577. The second kappa shape index (κ2) is 4.62. The maximum Gasteiger partial charge on any atom is 0.404 e. The highest BCUT2D eigenvalue weighted by molar-refractivity contribution is 9.10. The minimum Gasteiger partial charge on any atom is -0.358 e. The van der Waals surface area contributed by atoms with Crippen molar-refractivity contribution in [3.8, 4) is 0 Å². The lowest BCUT2D eigenvalue weighted by Gasteiger charge is -1.97. The van der Waals surface area contributed by atoms with Gasteiger partial charge in [0, 0.05) is 0 Å². The van der Waals surface area contributed by atoms with Crippen molar-refractivity contribution in [1.29, 1.82) is 0 Å². The van der Waals surface area contributed by atoms with Gasteiger partial charge in [0.05, 0.1) is 17.8 Å². The van der Waals surface area contributed by atoms with Crippen LogP contribution in [0.1, 0.15) is 5.56 Å². The van der Waals surface area contributed by atoms with Gasteiger partial charge in [0.15, 0.2) is 0 Å². The summed E-state index contributed by atoms with van der Waals surface area (Å²) < 4.78 is 14.6. The molecule has 0 N–H and O–H groups in total. The Hall–Kier alpha value is -1.76. The first-order valence-electron chi connectivity index (χ1n) is 4.68. The molecule has 5 nitrogen and oxygen atoms in total. The topological polar surface area (TPSA) is 61.0 Å². The first kappa shape index (κ1) is 11.7. The fourth-order valence-corrected chi connectivity index (χ4v) is 1.87. The van der Waals surface area contributed by atoms with Crippen molar-refractivity contribution in [2.75, 3.05) is 0 Å². The molecular formula is C10H7BrFN3O2. The average Bonchev–Trinajstić information content (AvgIpc) is 2.59. The summed E-state index contributed by atoms with van der Waals surface area (Å²) in [5.41, 5.74) is 0.690. The van der Waals surface area contributed by atoms with Crippen molar-refractivity contribution < 1.29 is 9.31 Å². The van der Waals surface area contributed by atoms with Gasteiger partial charge >= 0.3 is 5.82 Å². The van der Waals surface area contributed by atoms with Crippen LogP contribution in [0.15, 0.2) is 34.9 Å². The van der Waals surface area contributed by atoms with Crippen LogP contribution in [0.4, 0.5) is 10.2 Å². The van der Waals surface area contributed by atoms with Crippen LogP contribution in [-0.4, -0.2) is 14.7 Å². The van der Waals surface area contributed by atoms with Crippen molar-refractivity contribution in [1.82, 2.24) is 9.78 Å². The van der Waals surface area contributed by atoms with Crippen molar-refractivity contribution in [2.24, 2.45) is 0 Å². The lowest BCUT2D eigenvalue weighted by molar-refractivity contribution is -0.390. The van der Waals surface area contributed by atoms with Crippen LogP contribution in [0, 0.1) is 15.9 Å². The number of hydrogen-bond donors (Lipinski definition) is 0. The zero-order valence-electron chi connectivity index (χ0n) is 8.51. The third-order valence-electron chi connectivity index (χ3n) is 2.11. The van der Waals surface area contributed by atoms with E-state index in [4.69, 9.17) is 0 Å². The largest absolute Gasteiger partial charge is 0.404 e. The van der Waals surface area contributed by atoms with E-state index in [2.05, 4.69) is 21.0 Å². The normalized spacial score (nSPS) is 10.5. The van der Waals surface area contributed by atoms with Crippen molar-refractivity contribution in [3.05, 3.63) is 56.4 Å². The van der Waals surface area contributed by atoms with Gasteiger partial charge in [0.1, 0.15) is 10.3 Å². The van der Waals surface area contributed by atoms with E-state index in [-0.39, 0.29) is 18.2 Å². The highest BCUT2D eigenvalue weighted by Crippen LogP contribution is 2.22. The van der Waals surface area contributed by atoms with Gasteiger partial charge in [0.2, 0.25) is 0 Å². The lowest BCUT2D eigenvalue weighted by atomic mass is 10.2. The number of aromatic nitrogens is 2. The molecule has 0 saturated heterocycles. The summed E-state index contributed by atoms with van der Waals surface area (Å²) in [6.07, 6.45) is 1.49. The molecule has 0 radical (unpaired) electrons. The van der Waals surface area contributed by atoms with E-state index >= 15 is 0 Å². The maximum atomic E-state index is 12.9. The maximum absolute atomic E-state index is 12.9. The van der Waals surface area contributed by atoms with Crippen LogP contribution in [-0.2, 0) is 6.54 Å². The van der Waals surface area contributed by atoms with E-state index in [1.54, 1.807) is 12.1 Å². The van der Waals surface area contributed by atoms with Crippen molar-refractivity contribution in [2.45, 2.75) is 6.54 Å². The summed E-state index contributed by atoms with van der Waals surface area (Å²) >= 11 is 3.05. The Balaban J connectivity index is 2.25. The molecule has 2 rings (SSSR count). The van der Waals surface area contributed by atoms with Crippen LogP contribution in [0.25, 0.3) is 0 Å². The summed E-state index contributed by atoms with van der Waals surface area (Å²) in [6, 6.07) is 6.01. The molecule has 0 amide bonds. The molecule has 0 fully saturated rings. The number of nitro groups is 1. The molecule has 0 aliphatic carbocycles. The zero-order chi connectivity index (χ0) is 12.4. The number of rotatable bonds is 3. The van der Waals surface area contributed by atoms with E-state index in [0.717, 1.165) is 0 Å². The highest BCUT2D eigenvalue weighted by Gasteiger charge is 2.18. The Kier molecular flexibility index (Phi) is 3.19. The van der Waals surface area contributed by atoms with Crippen molar-refractivity contribution in [3.63, 3.8) is 0 Å². The SMILES string of the molecule is O=[N+]([O-])c1nn(Cc2cccc(F)c2)cc1Br. The second-order valence-corrected chi connectivity index (χ2v) is 4.24. The third-order valence-corrected chi connectivity index (χ3v) is 2.67. The molecule has 0 unspecified atom stereocenters. The summed E-state index contributed by atoms with van der Waals surface area (Å²) in [5, 5.41) is 14.4. The molecule has 0 spiro atoms. The van der Waals surface area contributed by atoms with Gasteiger partial charge in [0.25, 0.3) is 0 Å². The molecular weight excluding hydrogens is 293 g/mol. The molecule has 88 valence electrons. The predicted octanol–water partition coefficient (Wildman–Crippen LogP) is 2.74. The standard InChI is InChI=1S/C10H7BrFN3O2/c11-9-6-14(13-10(9)15(16)17)5-7-2-1-3-8(12)4-7/h1-4,6H,5H2. The Morgan fingerprint density at radius 3 is 2.88 bits per heavy atom. The second-order valence-electron chi connectivity index (χ2n) is 3.39. The Morgan fingerprint density at radius 1 is 1.53 bits per heavy atom. The molecule has 2 aromatic rings. The quantitative estimate of drug-likeness (QED) is 0.647. The van der Waals surface area contributed by atoms with Crippen LogP contribution >= 0.6 is 15.9 Å². The fraction of sp³-hybridized carbons (Fsp3) is 0.100. The monoisotopic (exact) mass is 299 g/mol. The molecule has 17 heavy (non-hydrogen) atoms. The highest BCUT2D eigenvalue weighted by atomic mass is 79.9. The van der Waals surface area contributed by atoms with Gasteiger partial charge < -0.3 is 10.1 Å². The Morgan fingerprint density at radius 2 is 2.29 bits per heavy atom. The molecule has 0 aliphatic rings. The van der Waals surface area contributed by atoms with Crippen LogP contribution in [0.3, 0.4) is 0 Å². The van der Waals surface area contributed by atoms with E-state index in [1.807, 2.05) is 0 Å². The molecule has 7 heteroatoms. The summed E-state index contributed by atoms with van der Waals surface area (Å²) in [7, 11) is 0. The van der Waals surface area contributed by atoms with Crippen LogP contribution in [0.5, 0.6) is 0 Å². The molecule has 0 saturated carbocycles. The number of hydrogen-bond acceptors (Lipinski definition) is 3. The Labute approximate surface area is 104 Å². The molecule has 0 aliphatic heterocycles. The van der Waals surface area contributed by atoms with Gasteiger partial charge in [-0.25, -0.2) is 4.39 Å². The van der Waals surface area contributed by atoms with Crippen LogP contribution < -0.4 is 0 Å². The smallest absolute Gasteiger partial charge is 0.358 e. The predicted molar refractivity (Wildman–Crippen MR) is 62.1 cm³/mol. The van der Waals surface area contributed by atoms with Gasteiger partial charge in [-0.15, -0.1) is 0 Å². The van der Waals surface area contributed by atoms with E-state index in [1.165, 1.54) is 23.0 Å². The van der Waals surface area contributed by atoms with E-state index in [0.29, 0.717) is 10.0 Å². The summed E-state index contributed by atoms with van der Waals surface area (Å²) in [5.74, 6) is -0.593. The molecule has 1 heterocycles. The van der Waals surface area contributed by atoms with E-state index in [9.17, 15) is 14.5 Å². The number of benzene rings is 1.